The van der Waals surface area contributed by atoms with E-state index in [2.05, 4.69) is 15.6 Å². The normalized spacial score (nSPS) is 10.3. The van der Waals surface area contributed by atoms with Gasteiger partial charge in [-0.2, -0.15) is 0 Å². The highest BCUT2D eigenvalue weighted by molar-refractivity contribution is 7.13. The van der Waals surface area contributed by atoms with Crippen LogP contribution in [0.5, 0.6) is 0 Å². The van der Waals surface area contributed by atoms with Crippen molar-refractivity contribution in [2.75, 3.05) is 5.32 Å². The van der Waals surface area contributed by atoms with Crippen molar-refractivity contribution in [1.82, 2.24) is 10.3 Å². The van der Waals surface area contributed by atoms with E-state index in [0.717, 1.165) is 0 Å². The number of amides is 2. The molecule has 0 aromatic carbocycles. The number of carbonyl (C=O) groups excluding carboxylic acids is 1. The summed E-state index contributed by atoms with van der Waals surface area (Å²) in [7, 11) is 0. The van der Waals surface area contributed by atoms with Crippen LogP contribution in [0.1, 0.15) is 19.5 Å². The first-order valence-corrected chi connectivity index (χ1v) is 5.12. The summed E-state index contributed by atoms with van der Waals surface area (Å²) in [6, 6.07) is -0.189. The van der Waals surface area contributed by atoms with Gasteiger partial charge < -0.3 is 10.4 Å². The maximum Gasteiger partial charge on any atom is 0.321 e. The van der Waals surface area contributed by atoms with E-state index in [0.29, 0.717) is 10.8 Å². The summed E-state index contributed by atoms with van der Waals surface area (Å²) in [4.78, 5) is 15.2. The molecular formula is C8H13N3O2S. The molecule has 0 radical (unpaired) electrons. The lowest BCUT2D eigenvalue weighted by molar-refractivity contribution is 0.250. The summed E-state index contributed by atoms with van der Waals surface area (Å²) in [5, 5.41) is 16.2. The molecule has 5 nitrogen and oxygen atoms in total. The summed E-state index contributed by atoms with van der Waals surface area (Å²) in [6.07, 6.45) is 0. The van der Waals surface area contributed by atoms with Gasteiger partial charge in [0.25, 0.3) is 0 Å². The largest absolute Gasteiger partial charge is 0.390 e. The lowest BCUT2D eigenvalue weighted by Crippen LogP contribution is -2.34. The molecule has 1 aromatic rings. The zero-order chi connectivity index (χ0) is 10.6. The van der Waals surface area contributed by atoms with Crippen molar-refractivity contribution < 1.29 is 9.90 Å². The zero-order valence-corrected chi connectivity index (χ0v) is 8.89. The fourth-order valence-electron chi connectivity index (χ4n) is 0.832. The van der Waals surface area contributed by atoms with Crippen LogP contribution in [-0.4, -0.2) is 22.2 Å². The number of urea groups is 1. The van der Waals surface area contributed by atoms with E-state index in [4.69, 9.17) is 5.11 Å². The predicted molar refractivity (Wildman–Crippen MR) is 55.3 cm³/mol. The Morgan fingerprint density at radius 1 is 1.71 bits per heavy atom. The Labute approximate surface area is 86.2 Å². The van der Waals surface area contributed by atoms with Crippen LogP contribution in [0.2, 0.25) is 0 Å². The van der Waals surface area contributed by atoms with Crippen LogP contribution < -0.4 is 10.6 Å². The lowest BCUT2D eigenvalue weighted by Gasteiger charge is -2.07. The molecule has 6 heteroatoms. The number of anilines is 1. The first-order valence-electron chi connectivity index (χ1n) is 4.24. The molecule has 0 aliphatic carbocycles. The average Bonchev–Trinajstić information content (AvgIpc) is 2.50. The molecule has 1 aromatic heterocycles. The third-order valence-electron chi connectivity index (χ3n) is 1.35. The first-order chi connectivity index (χ1) is 6.61. The number of aliphatic hydroxyl groups excluding tert-OH is 1. The van der Waals surface area contributed by atoms with Crippen LogP contribution in [-0.2, 0) is 6.61 Å². The van der Waals surface area contributed by atoms with Gasteiger partial charge in [-0.15, -0.1) is 11.3 Å². The number of rotatable bonds is 3. The fraction of sp³-hybridized carbons (Fsp3) is 0.500. The van der Waals surface area contributed by atoms with Crippen molar-refractivity contribution >= 4 is 22.5 Å². The van der Waals surface area contributed by atoms with Gasteiger partial charge in [0.2, 0.25) is 0 Å². The third-order valence-corrected chi connectivity index (χ3v) is 2.16. The summed E-state index contributed by atoms with van der Waals surface area (Å²) in [6.45, 7) is 3.64. The van der Waals surface area contributed by atoms with Gasteiger partial charge >= 0.3 is 6.03 Å². The number of thiazole rings is 1. The molecule has 1 rings (SSSR count). The summed E-state index contributed by atoms with van der Waals surface area (Å²) >= 11 is 1.29. The van der Waals surface area contributed by atoms with Gasteiger partial charge in [-0.25, -0.2) is 9.78 Å². The fourth-order valence-corrected chi connectivity index (χ4v) is 1.53. The Hall–Kier alpha value is -1.14. The molecule has 0 unspecified atom stereocenters. The average molecular weight is 215 g/mol. The van der Waals surface area contributed by atoms with Crippen LogP contribution in [0.3, 0.4) is 0 Å². The van der Waals surface area contributed by atoms with E-state index in [1.54, 1.807) is 5.38 Å². The van der Waals surface area contributed by atoms with Crippen LogP contribution in [0.25, 0.3) is 0 Å². The number of aromatic nitrogens is 1. The van der Waals surface area contributed by atoms with Gasteiger partial charge in [-0.1, -0.05) is 0 Å². The molecule has 0 saturated carbocycles. The highest BCUT2D eigenvalue weighted by Gasteiger charge is 2.06. The van der Waals surface area contributed by atoms with E-state index in [1.807, 2.05) is 13.8 Å². The van der Waals surface area contributed by atoms with E-state index >= 15 is 0 Å². The second-order valence-corrected chi connectivity index (χ2v) is 3.91. The lowest BCUT2D eigenvalue weighted by atomic mass is 10.4. The number of aliphatic hydroxyl groups is 1. The Kier molecular flexibility index (Phi) is 3.84. The predicted octanol–water partition coefficient (Wildman–Crippen LogP) is 1.17. The molecule has 0 aliphatic heterocycles. The maximum absolute atomic E-state index is 11.2. The van der Waals surface area contributed by atoms with Crippen molar-refractivity contribution in [3.8, 4) is 0 Å². The molecule has 3 N–H and O–H groups in total. The van der Waals surface area contributed by atoms with Crippen molar-refractivity contribution in [2.45, 2.75) is 26.5 Å². The summed E-state index contributed by atoms with van der Waals surface area (Å²) < 4.78 is 0. The van der Waals surface area contributed by atoms with Crippen molar-refractivity contribution in [3.05, 3.63) is 11.1 Å². The van der Waals surface area contributed by atoms with Crippen LogP contribution in [0.4, 0.5) is 9.93 Å². The van der Waals surface area contributed by atoms with E-state index in [-0.39, 0.29) is 18.7 Å². The van der Waals surface area contributed by atoms with Gasteiger partial charge in [0, 0.05) is 11.4 Å². The molecule has 0 saturated heterocycles. The molecule has 0 spiro atoms. The third kappa shape index (κ3) is 3.31. The van der Waals surface area contributed by atoms with Crippen LogP contribution >= 0.6 is 11.3 Å². The van der Waals surface area contributed by atoms with Crippen LogP contribution in [0, 0.1) is 0 Å². The minimum Gasteiger partial charge on any atom is -0.390 e. The van der Waals surface area contributed by atoms with Gasteiger partial charge in [0.05, 0.1) is 12.3 Å². The first kappa shape index (κ1) is 10.9. The van der Waals surface area contributed by atoms with Gasteiger partial charge in [0.15, 0.2) is 5.13 Å². The van der Waals surface area contributed by atoms with Gasteiger partial charge in [0.1, 0.15) is 0 Å². The highest BCUT2D eigenvalue weighted by atomic mass is 32.1. The molecular weight excluding hydrogens is 202 g/mol. The summed E-state index contributed by atoms with van der Waals surface area (Å²) in [5.41, 5.74) is 0.565. The molecule has 0 atom stereocenters. The smallest absolute Gasteiger partial charge is 0.321 e. The SMILES string of the molecule is CC(C)NC(=O)Nc1nc(CO)cs1. The second-order valence-electron chi connectivity index (χ2n) is 3.06. The molecule has 2 amide bonds. The monoisotopic (exact) mass is 215 g/mol. The number of carbonyl (C=O) groups is 1. The number of hydrogen-bond donors (Lipinski definition) is 3. The van der Waals surface area contributed by atoms with Crippen molar-refractivity contribution in [3.63, 3.8) is 0 Å². The second kappa shape index (κ2) is 4.92. The molecule has 0 bridgehead atoms. The molecule has 0 aliphatic rings. The molecule has 14 heavy (non-hydrogen) atoms. The Balaban J connectivity index is 2.47. The number of nitrogens with zero attached hydrogens (tertiary/aromatic N) is 1. The Morgan fingerprint density at radius 3 is 2.93 bits per heavy atom. The van der Waals surface area contributed by atoms with Gasteiger partial charge in [-0.3, -0.25) is 5.32 Å². The number of hydrogen-bond acceptors (Lipinski definition) is 4. The number of nitrogens with one attached hydrogen (secondary N) is 2. The van der Waals surface area contributed by atoms with Crippen molar-refractivity contribution in [2.24, 2.45) is 0 Å². The Bertz CT molecular complexity index is 311. The highest BCUT2D eigenvalue weighted by Crippen LogP contribution is 2.14. The van der Waals surface area contributed by atoms with E-state index < -0.39 is 0 Å². The van der Waals surface area contributed by atoms with Crippen LogP contribution in [0.15, 0.2) is 5.38 Å². The van der Waals surface area contributed by atoms with Crippen molar-refractivity contribution in [1.29, 1.82) is 0 Å². The topological polar surface area (TPSA) is 74.2 Å². The molecule has 1 heterocycles. The molecule has 0 fully saturated rings. The standard InChI is InChI=1S/C8H13N3O2S/c1-5(2)9-7(13)11-8-10-6(3-12)4-14-8/h4-5,12H,3H2,1-2H3,(H2,9,10,11,13). The van der Waals surface area contributed by atoms with E-state index in [1.165, 1.54) is 11.3 Å². The minimum atomic E-state index is -0.279. The quantitative estimate of drug-likeness (QED) is 0.708. The molecule has 78 valence electrons. The Morgan fingerprint density at radius 2 is 2.43 bits per heavy atom. The zero-order valence-electron chi connectivity index (χ0n) is 8.07. The summed E-state index contributed by atoms with van der Waals surface area (Å²) in [5.74, 6) is 0. The minimum absolute atomic E-state index is 0.0901. The maximum atomic E-state index is 11.2. The van der Waals surface area contributed by atoms with Gasteiger partial charge in [-0.05, 0) is 13.8 Å². The van der Waals surface area contributed by atoms with E-state index in [9.17, 15) is 4.79 Å².